The normalized spacial score (nSPS) is 12.0. The second kappa shape index (κ2) is 38.4. The van der Waals surface area contributed by atoms with Crippen molar-refractivity contribution in [1.29, 1.82) is 0 Å². The number of carbonyl (C=O) groups is 2. The lowest BCUT2D eigenvalue weighted by atomic mass is 10.0. The summed E-state index contributed by atoms with van der Waals surface area (Å²) in [6.07, 6.45) is 48.1. The fraction of sp³-hybridized carbons (Fsp3) is 0.952. The topological polar surface area (TPSA) is 52.6 Å². The summed E-state index contributed by atoms with van der Waals surface area (Å²) in [5.74, 6) is -0.531. The van der Waals surface area contributed by atoms with Crippen LogP contribution >= 0.6 is 0 Å². The van der Waals surface area contributed by atoms with E-state index in [0.717, 1.165) is 12.8 Å². The Morgan fingerprint density at radius 3 is 0.870 bits per heavy atom. The van der Waals surface area contributed by atoms with Crippen LogP contribution in [0.15, 0.2) is 0 Å². The van der Waals surface area contributed by atoms with Crippen LogP contribution in [0.4, 0.5) is 0 Å². The number of esters is 2. The first-order chi connectivity index (χ1) is 22.6. The van der Waals surface area contributed by atoms with Gasteiger partial charge in [0, 0.05) is 20.3 Å². The minimum atomic E-state index is -0.280. The monoisotopic (exact) mass is 651 g/mol. The molecule has 1 atom stereocenters. The molecule has 274 valence electrons. The van der Waals surface area contributed by atoms with Crippen molar-refractivity contribution in [2.75, 3.05) is 6.61 Å². The maximum atomic E-state index is 11.3. The van der Waals surface area contributed by atoms with Crippen LogP contribution in [0.3, 0.4) is 0 Å². The molecule has 0 aromatic carbocycles. The molecule has 0 aromatic heterocycles. The third kappa shape index (κ3) is 39.1. The highest BCUT2D eigenvalue weighted by molar-refractivity contribution is 5.66. The van der Waals surface area contributed by atoms with Gasteiger partial charge in [0.2, 0.25) is 0 Å². The average Bonchev–Trinajstić information content (AvgIpc) is 3.02. The lowest BCUT2D eigenvalue weighted by Crippen LogP contribution is -2.19. The molecule has 4 heteroatoms. The molecule has 0 aliphatic carbocycles. The number of ether oxygens (including phenoxy) is 2. The van der Waals surface area contributed by atoms with E-state index in [1.807, 2.05) is 0 Å². The van der Waals surface area contributed by atoms with Crippen LogP contribution < -0.4 is 0 Å². The van der Waals surface area contributed by atoms with Crippen LogP contribution in [0, 0.1) is 0 Å². The van der Waals surface area contributed by atoms with E-state index < -0.39 is 0 Å². The highest BCUT2D eigenvalue weighted by atomic mass is 16.6. The van der Waals surface area contributed by atoms with Gasteiger partial charge in [-0.3, -0.25) is 9.59 Å². The SMILES string of the molecule is CCCCCCCCCCCCCCCCCCCCCCCCCCCCCCCCCCCC(CCOC(C)=O)OC(C)=O. The summed E-state index contributed by atoms with van der Waals surface area (Å²) in [4.78, 5) is 22.2. The van der Waals surface area contributed by atoms with E-state index in [-0.39, 0.29) is 18.0 Å². The molecular formula is C42H82O4. The predicted molar refractivity (Wildman–Crippen MR) is 199 cm³/mol. The maximum Gasteiger partial charge on any atom is 0.302 e. The predicted octanol–water partition coefficient (Wildman–Crippen LogP) is 14.2. The quantitative estimate of drug-likeness (QED) is 0.0493. The second-order valence-electron chi connectivity index (χ2n) is 14.5. The highest BCUT2D eigenvalue weighted by Gasteiger charge is 2.12. The molecule has 0 amide bonds. The van der Waals surface area contributed by atoms with Gasteiger partial charge in [0.1, 0.15) is 6.10 Å². The van der Waals surface area contributed by atoms with Gasteiger partial charge in [-0.2, -0.15) is 0 Å². The van der Waals surface area contributed by atoms with Gasteiger partial charge in [-0.05, 0) is 12.8 Å². The molecule has 0 radical (unpaired) electrons. The molecule has 0 heterocycles. The summed E-state index contributed by atoms with van der Waals surface area (Å²) in [5.41, 5.74) is 0. The summed E-state index contributed by atoms with van der Waals surface area (Å²) in [6, 6.07) is 0. The van der Waals surface area contributed by atoms with Crippen molar-refractivity contribution >= 4 is 11.9 Å². The lowest BCUT2D eigenvalue weighted by Gasteiger charge is -2.16. The van der Waals surface area contributed by atoms with E-state index in [9.17, 15) is 9.59 Å². The first-order valence-corrected chi connectivity index (χ1v) is 20.9. The third-order valence-electron chi connectivity index (χ3n) is 9.71. The number of unbranched alkanes of at least 4 members (excludes halogenated alkanes) is 32. The van der Waals surface area contributed by atoms with Crippen LogP contribution in [0.2, 0.25) is 0 Å². The van der Waals surface area contributed by atoms with Crippen LogP contribution in [-0.4, -0.2) is 24.6 Å². The lowest BCUT2D eigenvalue weighted by molar-refractivity contribution is -0.148. The Bertz CT molecular complexity index is 619. The average molecular weight is 651 g/mol. The minimum Gasteiger partial charge on any atom is -0.466 e. The fourth-order valence-electron chi connectivity index (χ4n) is 6.76. The molecule has 46 heavy (non-hydrogen) atoms. The van der Waals surface area contributed by atoms with Crippen molar-refractivity contribution in [1.82, 2.24) is 0 Å². The van der Waals surface area contributed by atoms with Gasteiger partial charge in [0.25, 0.3) is 0 Å². The van der Waals surface area contributed by atoms with E-state index in [0.29, 0.717) is 13.0 Å². The van der Waals surface area contributed by atoms with Gasteiger partial charge >= 0.3 is 11.9 Å². The molecule has 0 saturated carbocycles. The molecule has 4 nitrogen and oxygen atoms in total. The zero-order valence-electron chi connectivity index (χ0n) is 31.7. The molecule has 0 saturated heterocycles. The Balaban J connectivity index is 3.21. The Hall–Kier alpha value is -1.06. The van der Waals surface area contributed by atoms with Crippen molar-refractivity contribution in [3.8, 4) is 0 Å². The van der Waals surface area contributed by atoms with Crippen LogP contribution in [-0.2, 0) is 19.1 Å². The van der Waals surface area contributed by atoms with Crippen molar-refractivity contribution in [3.05, 3.63) is 0 Å². The molecular weight excluding hydrogens is 568 g/mol. The van der Waals surface area contributed by atoms with Crippen LogP contribution in [0.1, 0.15) is 245 Å². The summed E-state index contributed by atoms with van der Waals surface area (Å²) in [6.45, 7) is 5.48. The van der Waals surface area contributed by atoms with Crippen LogP contribution in [0.5, 0.6) is 0 Å². The smallest absolute Gasteiger partial charge is 0.302 e. The van der Waals surface area contributed by atoms with Gasteiger partial charge < -0.3 is 9.47 Å². The van der Waals surface area contributed by atoms with Crippen molar-refractivity contribution in [2.24, 2.45) is 0 Å². The van der Waals surface area contributed by atoms with Gasteiger partial charge in [-0.25, -0.2) is 0 Å². The van der Waals surface area contributed by atoms with E-state index in [1.165, 1.54) is 219 Å². The number of hydrogen-bond donors (Lipinski definition) is 0. The highest BCUT2D eigenvalue weighted by Crippen LogP contribution is 2.18. The van der Waals surface area contributed by atoms with Crippen molar-refractivity contribution in [3.63, 3.8) is 0 Å². The Labute approximate surface area is 288 Å². The summed E-state index contributed by atoms with van der Waals surface area (Å²) in [7, 11) is 0. The molecule has 0 aliphatic rings. The maximum absolute atomic E-state index is 11.3. The first kappa shape index (κ1) is 44.9. The minimum absolute atomic E-state index is 0.129. The number of rotatable bonds is 38. The van der Waals surface area contributed by atoms with Crippen molar-refractivity contribution in [2.45, 2.75) is 252 Å². The fourth-order valence-corrected chi connectivity index (χ4v) is 6.76. The number of hydrogen-bond acceptors (Lipinski definition) is 4. The Kier molecular flexibility index (Phi) is 37.5. The second-order valence-corrected chi connectivity index (χ2v) is 14.5. The largest absolute Gasteiger partial charge is 0.466 e. The zero-order chi connectivity index (χ0) is 33.6. The van der Waals surface area contributed by atoms with Gasteiger partial charge in [0.15, 0.2) is 0 Å². The van der Waals surface area contributed by atoms with Gasteiger partial charge in [0.05, 0.1) is 6.61 Å². The third-order valence-corrected chi connectivity index (χ3v) is 9.71. The van der Waals surface area contributed by atoms with Gasteiger partial charge in [-0.1, -0.05) is 212 Å². The summed E-state index contributed by atoms with van der Waals surface area (Å²) >= 11 is 0. The Morgan fingerprint density at radius 1 is 0.370 bits per heavy atom. The van der Waals surface area contributed by atoms with E-state index in [4.69, 9.17) is 9.47 Å². The summed E-state index contributed by atoms with van der Waals surface area (Å²) in [5, 5.41) is 0. The molecule has 0 fully saturated rings. The first-order valence-electron chi connectivity index (χ1n) is 20.9. The van der Waals surface area contributed by atoms with Crippen LogP contribution in [0.25, 0.3) is 0 Å². The molecule has 0 bridgehead atoms. The molecule has 1 unspecified atom stereocenters. The van der Waals surface area contributed by atoms with E-state index >= 15 is 0 Å². The van der Waals surface area contributed by atoms with E-state index in [1.54, 1.807) is 0 Å². The Morgan fingerprint density at radius 2 is 0.630 bits per heavy atom. The van der Waals surface area contributed by atoms with E-state index in [2.05, 4.69) is 6.92 Å². The van der Waals surface area contributed by atoms with Gasteiger partial charge in [-0.15, -0.1) is 0 Å². The standard InChI is InChI=1S/C42H82O4/c1-4-5-6-7-8-9-10-11-12-13-14-15-16-17-18-19-20-21-22-23-24-25-26-27-28-29-30-31-32-33-34-35-36-37-42(46-41(3)44)38-39-45-40(2)43/h42H,4-39H2,1-3H3. The molecule has 0 aliphatic heterocycles. The van der Waals surface area contributed by atoms with Crippen molar-refractivity contribution < 1.29 is 19.1 Å². The molecule has 0 rings (SSSR count). The zero-order valence-corrected chi connectivity index (χ0v) is 31.7. The molecule has 0 spiro atoms. The summed E-state index contributed by atoms with van der Waals surface area (Å²) < 4.78 is 10.4. The molecule has 0 aromatic rings. The molecule has 0 N–H and O–H groups in total. The number of carbonyl (C=O) groups excluding carboxylic acids is 2.